The molecule has 0 fully saturated rings. The molecular weight excluding hydrogens is 1320 g/mol. The topological polar surface area (TPSA) is 237 Å². The lowest BCUT2D eigenvalue weighted by Crippen LogP contribution is -2.30. The minimum atomic E-state index is -4.96. The third-order valence-corrected chi connectivity index (χ3v) is 21.1. The summed E-state index contributed by atoms with van der Waals surface area (Å²) in [5.74, 6) is -0.511. The SMILES string of the molecule is CCCCCCCCCCCCCCCCCCCCCCC(=O)O[C@H](COC(=O)CCCCCCCCCCCCCCCCCCC(C)C)COP(=O)(O)OC[C@@H](O)COP(=O)(O)OC[C@@H](COC(=O)CCCCCCC)OC(=O)CCCCCCCCCCCCCCCCC(C)C. The highest BCUT2D eigenvalue weighted by molar-refractivity contribution is 7.47. The predicted molar refractivity (Wildman–Crippen MR) is 414 cm³/mol. The van der Waals surface area contributed by atoms with Gasteiger partial charge in [0.05, 0.1) is 26.4 Å². The molecule has 0 spiro atoms. The monoisotopic (exact) mass is 1480 g/mol. The van der Waals surface area contributed by atoms with Crippen LogP contribution in [0.4, 0.5) is 0 Å². The molecule has 0 radical (unpaired) electrons. The van der Waals surface area contributed by atoms with Crippen molar-refractivity contribution in [2.45, 2.75) is 452 Å². The molecule has 0 heterocycles. The van der Waals surface area contributed by atoms with Crippen molar-refractivity contribution < 1.29 is 80.2 Å². The van der Waals surface area contributed by atoms with E-state index < -0.39 is 97.5 Å². The summed E-state index contributed by atoms with van der Waals surface area (Å²) in [7, 11) is -9.91. The Kier molecular flexibility index (Phi) is 72.2. The van der Waals surface area contributed by atoms with Gasteiger partial charge >= 0.3 is 39.5 Å². The average Bonchev–Trinajstić information content (AvgIpc) is 0.931. The van der Waals surface area contributed by atoms with Gasteiger partial charge in [-0.15, -0.1) is 0 Å². The lowest BCUT2D eigenvalue weighted by Gasteiger charge is -2.21. The zero-order valence-electron chi connectivity index (χ0n) is 66.2. The van der Waals surface area contributed by atoms with Crippen molar-refractivity contribution in [2.75, 3.05) is 39.6 Å². The lowest BCUT2D eigenvalue weighted by atomic mass is 10.0. The van der Waals surface area contributed by atoms with E-state index in [1.807, 2.05) is 0 Å². The van der Waals surface area contributed by atoms with Crippen LogP contribution in [0.2, 0.25) is 0 Å². The normalized spacial score (nSPS) is 13.9. The summed E-state index contributed by atoms with van der Waals surface area (Å²) >= 11 is 0. The van der Waals surface area contributed by atoms with Crippen LogP contribution in [0, 0.1) is 11.8 Å². The second-order valence-electron chi connectivity index (χ2n) is 30.5. The minimum absolute atomic E-state index is 0.107. The van der Waals surface area contributed by atoms with Gasteiger partial charge in [0.25, 0.3) is 0 Å². The maximum Gasteiger partial charge on any atom is 0.472 e. The molecule has 2 unspecified atom stereocenters. The molecule has 0 saturated carbocycles. The fourth-order valence-electron chi connectivity index (χ4n) is 12.7. The number of phosphoric acid groups is 2. The number of hydrogen-bond acceptors (Lipinski definition) is 15. The Labute approximate surface area is 619 Å². The molecule has 0 saturated heterocycles. The molecule has 0 aliphatic carbocycles. The smallest absolute Gasteiger partial charge is 0.462 e. The van der Waals surface area contributed by atoms with Gasteiger partial charge in [0.15, 0.2) is 12.2 Å². The third kappa shape index (κ3) is 76.1. The Bertz CT molecular complexity index is 1940. The number of esters is 4. The highest BCUT2D eigenvalue weighted by atomic mass is 31.2. The van der Waals surface area contributed by atoms with Crippen LogP contribution < -0.4 is 0 Å². The van der Waals surface area contributed by atoms with E-state index in [-0.39, 0.29) is 25.7 Å². The van der Waals surface area contributed by atoms with Crippen LogP contribution in [-0.2, 0) is 65.4 Å². The number of hydrogen-bond donors (Lipinski definition) is 3. The highest BCUT2D eigenvalue weighted by Gasteiger charge is 2.30. The van der Waals surface area contributed by atoms with Crippen molar-refractivity contribution in [3.8, 4) is 0 Å². The van der Waals surface area contributed by atoms with E-state index in [4.69, 9.17) is 37.0 Å². The van der Waals surface area contributed by atoms with Crippen LogP contribution >= 0.6 is 15.6 Å². The summed E-state index contributed by atoms with van der Waals surface area (Å²) < 4.78 is 68.5. The van der Waals surface area contributed by atoms with Crippen molar-refractivity contribution in [1.82, 2.24) is 0 Å². The molecule has 0 rings (SSSR count). The predicted octanol–water partition coefficient (Wildman–Crippen LogP) is 24.7. The maximum atomic E-state index is 13.1. The van der Waals surface area contributed by atoms with Crippen LogP contribution in [0.15, 0.2) is 0 Å². The molecule has 0 aliphatic heterocycles. The van der Waals surface area contributed by atoms with Gasteiger partial charge in [-0.2, -0.15) is 0 Å². The number of carbonyl (C=O) groups excluding carboxylic acids is 4. The van der Waals surface area contributed by atoms with E-state index in [0.29, 0.717) is 25.7 Å². The van der Waals surface area contributed by atoms with Crippen molar-refractivity contribution in [1.29, 1.82) is 0 Å². The molecule has 0 aromatic heterocycles. The molecular formula is C82H160O17P2. The first-order chi connectivity index (χ1) is 48.9. The van der Waals surface area contributed by atoms with E-state index in [0.717, 1.165) is 108 Å². The van der Waals surface area contributed by atoms with Gasteiger partial charge in [-0.3, -0.25) is 37.3 Å². The first kappa shape index (κ1) is 99.1. The average molecular weight is 1480 g/mol. The van der Waals surface area contributed by atoms with Crippen molar-refractivity contribution in [3.05, 3.63) is 0 Å². The molecule has 0 amide bonds. The Morgan fingerprint density at radius 1 is 0.267 bits per heavy atom. The van der Waals surface area contributed by atoms with Crippen LogP contribution in [0.3, 0.4) is 0 Å². The number of aliphatic hydroxyl groups is 1. The Balaban J connectivity index is 5.12. The van der Waals surface area contributed by atoms with Gasteiger partial charge in [0.1, 0.15) is 19.3 Å². The number of aliphatic hydroxyl groups excluding tert-OH is 1. The zero-order chi connectivity index (χ0) is 74.2. The molecule has 17 nitrogen and oxygen atoms in total. The van der Waals surface area contributed by atoms with E-state index in [1.54, 1.807) is 0 Å². The largest absolute Gasteiger partial charge is 0.472 e. The van der Waals surface area contributed by atoms with Crippen LogP contribution in [0.5, 0.6) is 0 Å². The van der Waals surface area contributed by atoms with Crippen molar-refractivity contribution in [2.24, 2.45) is 11.8 Å². The quantitative estimate of drug-likeness (QED) is 0.0222. The molecule has 0 aromatic rings. The molecule has 19 heteroatoms. The Morgan fingerprint density at radius 2 is 0.455 bits per heavy atom. The summed E-state index contributed by atoms with van der Waals surface area (Å²) in [4.78, 5) is 72.8. The number of unbranched alkanes of at least 4 members (excludes halogenated alkanes) is 51. The summed E-state index contributed by atoms with van der Waals surface area (Å²) in [6, 6.07) is 0. The highest BCUT2D eigenvalue weighted by Crippen LogP contribution is 2.45. The fourth-order valence-corrected chi connectivity index (χ4v) is 14.3. The molecule has 0 aliphatic rings. The van der Waals surface area contributed by atoms with Gasteiger partial charge in [0, 0.05) is 25.7 Å². The Hall–Kier alpha value is -1.94. The summed E-state index contributed by atoms with van der Waals surface area (Å²) in [6.45, 7) is 9.60. The van der Waals surface area contributed by atoms with Gasteiger partial charge in [-0.25, -0.2) is 9.13 Å². The second kappa shape index (κ2) is 73.6. The summed E-state index contributed by atoms with van der Waals surface area (Å²) in [5, 5.41) is 10.6. The number of phosphoric ester groups is 2. The maximum absolute atomic E-state index is 13.1. The van der Waals surface area contributed by atoms with E-state index in [9.17, 15) is 43.2 Å². The van der Waals surface area contributed by atoms with Crippen LogP contribution in [-0.4, -0.2) is 96.7 Å². The molecule has 5 atom stereocenters. The van der Waals surface area contributed by atoms with Crippen molar-refractivity contribution in [3.63, 3.8) is 0 Å². The summed E-state index contributed by atoms with van der Waals surface area (Å²) in [5.41, 5.74) is 0. The number of rotatable bonds is 81. The van der Waals surface area contributed by atoms with Gasteiger partial charge in [-0.05, 0) is 37.5 Å². The van der Waals surface area contributed by atoms with E-state index in [2.05, 4.69) is 41.5 Å². The van der Waals surface area contributed by atoms with Crippen molar-refractivity contribution >= 4 is 39.5 Å². The number of carbonyl (C=O) groups is 4. The minimum Gasteiger partial charge on any atom is -0.462 e. The summed E-state index contributed by atoms with van der Waals surface area (Å²) in [6.07, 6.45) is 64.4. The van der Waals surface area contributed by atoms with E-state index >= 15 is 0 Å². The first-order valence-electron chi connectivity index (χ1n) is 42.5. The molecule has 101 heavy (non-hydrogen) atoms. The van der Waals surface area contributed by atoms with Gasteiger partial charge < -0.3 is 33.8 Å². The Morgan fingerprint density at radius 3 is 0.673 bits per heavy atom. The standard InChI is InChI=1S/C82H160O17P2/c1-7-9-11-13-14-15-16-17-18-19-20-21-22-27-33-38-43-48-54-61-67-82(87)99-78(71-93-80(85)65-59-53-47-42-37-32-26-24-23-25-30-35-40-45-51-56-62-74(3)4)73-97-101(90,91)95-69-76(83)68-94-100(88,89)96-72-77(70-92-79(84)64-58-50-12-10-8-2)98-81(86)66-60-55-49-44-39-34-29-28-31-36-41-46-52-57-63-75(5)6/h74-78,83H,7-73H2,1-6H3,(H,88,89)(H,90,91)/t76-,77+,78+/m0/s1. The zero-order valence-corrected chi connectivity index (χ0v) is 68.0. The van der Waals surface area contributed by atoms with Gasteiger partial charge in [-0.1, -0.05) is 382 Å². The van der Waals surface area contributed by atoms with E-state index in [1.165, 1.54) is 244 Å². The second-order valence-corrected chi connectivity index (χ2v) is 33.4. The van der Waals surface area contributed by atoms with Crippen LogP contribution in [0.25, 0.3) is 0 Å². The third-order valence-electron chi connectivity index (χ3n) is 19.2. The number of ether oxygens (including phenoxy) is 4. The molecule has 0 aromatic carbocycles. The van der Waals surface area contributed by atoms with Crippen LogP contribution in [0.1, 0.15) is 433 Å². The van der Waals surface area contributed by atoms with Gasteiger partial charge in [0.2, 0.25) is 0 Å². The molecule has 0 bridgehead atoms. The fraction of sp³-hybridized carbons (Fsp3) is 0.951. The first-order valence-corrected chi connectivity index (χ1v) is 45.5. The lowest BCUT2D eigenvalue weighted by molar-refractivity contribution is -0.161. The molecule has 600 valence electrons. The molecule has 3 N–H and O–H groups in total.